The van der Waals surface area contributed by atoms with E-state index < -0.39 is 0 Å². The van der Waals surface area contributed by atoms with Crippen molar-refractivity contribution in [2.24, 2.45) is 0 Å². The number of nitrogens with zero attached hydrogens (tertiary/aromatic N) is 1. The van der Waals surface area contributed by atoms with E-state index in [1.807, 2.05) is 13.0 Å². The maximum Gasteiger partial charge on any atom is 0.130 e. The lowest BCUT2D eigenvalue weighted by Gasteiger charge is -1.97. The zero-order valence-electron chi connectivity index (χ0n) is 6.34. The van der Waals surface area contributed by atoms with Crippen molar-refractivity contribution in [3.05, 3.63) is 22.3 Å². The molecule has 0 amide bonds. The Labute approximate surface area is 82.1 Å². The quantitative estimate of drug-likeness (QED) is 0.772. The molecule has 2 nitrogen and oxygen atoms in total. The van der Waals surface area contributed by atoms with Crippen LogP contribution in [0.4, 0.5) is 0 Å². The Morgan fingerprint density at radius 2 is 2.25 bits per heavy atom. The molecule has 1 aromatic heterocycles. The maximum atomic E-state index is 9.39. The average molecular weight is 244 g/mol. The molecule has 0 spiro atoms. The highest BCUT2D eigenvalue weighted by Crippen LogP contribution is 2.35. The third kappa shape index (κ3) is 1.03. The van der Waals surface area contributed by atoms with Crippen LogP contribution in [0.3, 0.4) is 0 Å². The highest BCUT2D eigenvalue weighted by Gasteiger charge is 2.08. The van der Waals surface area contributed by atoms with Crippen molar-refractivity contribution in [3.63, 3.8) is 0 Å². The average Bonchev–Trinajstić information content (AvgIpc) is 2.41. The summed E-state index contributed by atoms with van der Waals surface area (Å²) in [6.07, 6.45) is 0. The SMILES string of the molecule is Cc1nsc2ccc(O)c(Br)c12. The minimum absolute atomic E-state index is 0.269. The Hall–Kier alpha value is -0.610. The predicted molar refractivity (Wildman–Crippen MR) is 53.7 cm³/mol. The molecule has 0 unspecified atom stereocenters. The topological polar surface area (TPSA) is 33.1 Å². The first kappa shape index (κ1) is 8.01. The van der Waals surface area contributed by atoms with Gasteiger partial charge in [0.15, 0.2) is 0 Å². The summed E-state index contributed by atoms with van der Waals surface area (Å²) in [5, 5.41) is 10.4. The van der Waals surface area contributed by atoms with E-state index in [1.54, 1.807) is 6.07 Å². The molecule has 0 atom stereocenters. The van der Waals surface area contributed by atoms with Gasteiger partial charge in [-0.05, 0) is 46.5 Å². The summed E-state index contributed by atoms with van der Waals surface area (Å²) in [6.45, 7) is 1.93. The molecule has 0 aliphatic rings. The molecule has 2 aromatic rings. The summed E-state index contributed by atoms with van der Waals surface area (Å²) in [6, 6.07) is 3.55. The van der Waals surface area contributed by atoms with Crippen LogP contribution in [0.15, 0.2) is 16.6 Å². The second-order valence-electron chi connectivity index (χ2n) is 2.54. The largest absolute Gasteiger partial charge is 0.507 e. The number of aryl methyl sites for hydroxylation is 1. The van der Waals surface area contributed by atoms with Crippen molar-refractivity contribution >= 4 is 37.5 Å². The van der Waals surface area contributed by atoms with Crippen LogP contribution in [0.2, 0.25) is 0 Å². The zero-order chi connectivity index (χ0) is 8.72. The number of aromatic nitrogens is 1. The summed E-state index contributed by atoms with van der Waals surface area (Å²) in [5.41, 5.74) is 0.956. The first-order chi connectivity index (χ1) is 5.70. The van der Waals surface area contributed by atoms with Crippen LogP contribution < -0.4 is 0 Å². The van der Waals surface area contributed by atoms with E-state index in [9.17, 15) is 5.11 Å². The summed E-state index contributed by atoms with van der Waals surface area (Å²) < 4.78 is 6.03. The smallest absolute Gasteiger partial charge is 0.130 e. The van der Waals surface area contributed by atoms with Crippen molar-refractivity contribution in [3.8, 4) is 5.75 Å². The van der Waals surface area contributed by atoms with Gasteiger partial charge in [0.05, 0.1) is 14.9 Å². The molecular weight excluding hydrogens is 238 g/mol. The number of halogens is 1. The minimum Gasteiger partial charge on any atom is -0.507 e. The van der Waals surface area contributed by atoms with E-state index in [2.05, 4.69) is 20.3 Å². The van der Waals surface area contributed by atoms with Gasteiger partial charge < -0.3 is 5.11 Å². The lowest BCUT2D eigenvalue weighted by atomic mass is 10.2. The molecule has 0 aliphatic carbocycles. The van der Waals surface area contributed by atoms with Crippen molar-refractivity contribution in [1.29, 1.82) is 0 Å². The summed E-state index contributed by atoms with van der Waals surface area (Å²) >= 11 is 4.77. The Bertz CT molecular complexity index is 438. The van der Waals surface area contributed by atoms with E-state index >= 15 is 0 Å². The number of hydrogen-bond donors (Lipinski definition) is 1. The van der Waals surface area contributed by atoms with Crippen LogP contribution in [0.1, 0.15) is 5.69 Å². The summed E-state index contributed by atoms with van der Waals surface area (Å²) in [5.74, 6) is 0.269. The van der Waals surface area contributed by atoms with Crippen molar-refractivity contribution < 1.29 is 5.11 Å². The first-order valence-corrected chi connectivity index (χ1v) is 5.00. The van der Waals surface area contributed by atoms with Gasteiger partial charge in [-0.2, -0.15) is 4.37 Å². The number of hydrogen-bond acceptors (Lipinski definition) is 3. The Balaban J connectivity index is 2.96. The molecule has 62 valence electrons. The fourth-order valence-electron chi connectivity index (χ4n) is 1.12. The van der Waals surface area contributed by atoms with E-state index in [1.165, 1.54) is 11.5 Å². The molecule has 0 radical (unpaired) electrons. The molecule has 0 bridgehead atoms. The van der Waals surface area contributed by atoms with Crippen LogP contribution in [-0.4, -0.2) is 9.48 Å². The minimum atomic E-state index is 0.269. The van der Waals surface area contributed by atoms with E-state index in [-0.39, 0.29) is 5.75 Å². The van der Waals surface area contributed by atoms with Crippen molar-refractivity contribution in [2.45, 2.75) is 6.92 Å². The second-order valence-corrected chi connectivity index (χ2v) is 4.14. The molecule has 0 saturated heterocycles. The van der Waals surface area contributed by atoms with Gasteiger partial charge in [0.2, 0.25) is 0 Å². The monoisotopic (exact) mass is 243 g/mol. The first-order valence-electron chi connectivity index (χ1n) is 3.43. The summed E-state index contributed by atoms with van der Waals surface area (Å²) in [7, 11) is 0. The Morgan fingerprint density at radius 3 is 3.00 bits per heavy atom. The van der Waals surface area contributed by atoms with Crippen LogP contribution in [0.25, 0.3) is 10.1 Å². The highest BCUT2D eigenvalue weighted by atomic mass is 79.9. The fraction of sp³-hybridized carbons (Fsp3) is 0.125. The molecule has 1 aromatic carbocycles. The Morgan fingerprint density at radius 1 is 1.50 bits per heavy atom. The zero-order valence-corrected chi connectivity index (χ0v) is 8.74. The molecule has 2 rings (SSSR count). The van der Waals surface area contributed by atoms with Crippen molar-refractivity contribution in [2.75, 3.05) is 0 Å². The van der Waals surface area contributed by atoms with Gasteiger partial charge in [0.1, 0.15) is 5.75 Å². The number of benzene rings is 1. The van der Waals surface area contributed by atoms with Gasteiger partial charge in [-0.25, -0.2) is 0 Å². The molecule has 1 heterocycles. The van der Waals surface area contributed by atoms with E-state index in [0.717, 1.165) is 20.3 Å². The third-order valence-corrected chi connectivity index (χ3v) is 3.43. The van der Waals surface area contributed by atoms with Gasteiger partial charge >= 0.3 is 0 Å². The van der Waals surface area contributed by atoms with Crippen LogP contribution in [-0.2, 0) is 0 Å². The van der Waals surface area contributed by atoms with Crippen LogP contribution in [0.5, 0.6) is 5.75 Å². The summed E-state index contributed by atoms with van der Waals surface area (Å²) in [4.78, 5) is 0. The third-order valence-electron chi connectivity index (χ3n) is 1.73. The molecular formula is C8H6BrNOS. The number of fused-ring (bicyclic) bond motifs is 1. The van der Waals surface area contributed by atoms with Gasteiger partial charge in [0, 0.05) is 5.39 Å². The molecule has 12 heavy (non-hydrogen) atoms. The van der Waals surface area contributed by atoms with Crippen LogP contribution >= 0.6 is 27.5 Å². The van der Waals surface area contributed by atoms with Crippen molar-refractivity contribution in [1.82, 2.24) is 4.37 Å². The number of aromatic hydroxyl groups is 1. The maximum absolute atomic E-state index is 9.39. The van der Waals surface area contributed by atoms with Gasteiger partial charge in [0.25, 0.3) is 0 Å². The van der Waals surface area contributed by atoms with E-state index in [4.69, 9.17) is 0 Å². The number of phenols is 1. The lowest BCUT2D eigenvalue weighted by molar-refractivity contribution is 0.473. The van der Waals surface area contributed by atoms with Crippen LogP contribution in [0, 0.1) is 6.92 Å². The lowest BCUT2D eigenvalue weighted by Crippen LogP contribution is -1.73. The molecule has 0 saturated carbocycles. The van der Waals surface area contributed by atoms with E-state index in [0.29, 0.717) is 0 Å². The number of phenolic OH excluding ortho intramolecular Hbond substituents is 1. The van der Waals surface area contributed by atoms with Gasteiger partial charge in [-0.3, -0.25) is 0 Å². The Kier molecular flexibility index (Phi) is 1.81. The van der Waals surface area contributed by atoms with Gasteiger partial charge in [-0.15, -0.1) is 0 Å². The van der Waals surface area contributed by atoms with Gasteiger partial charge in [-0.1, -0.05) is 0 Å². The standard InChI is InChI=1S/C8H6BrNOS/c1-4-7-6(12-10-4)3-2-5(11)8(7)9/h2-3,11H,1H3. The normalized spacial score (nSPS) is 10.8. The highest BCUT2D eigenvalue weighted by molar-refractivity contribution is 9.10. The molecule has 0 fully saturated rings. The fourth-order valence-corrected chi connectivity index (χ4v) is 2.68. The molecule has 1 N–H and O–H groups in total. The predicted octanol–water partition coefficient (Wildman–Crippen LogP) is 3.07. The number of rotatable bonds is 0. The molecule has 4 heteroatoms. The second kappa shape index (κ2) is 2.71. The molecule has 0 aliphatic heterocycles.